The number of carbonyl (C=O) groups is 1. The Hall–Kier alpha value is -2.18. The van der Waals surface area contributed by atoms with Gasteiger partial charge in [-0.1, -0.05) is 37.3 Å². The smallest absolute Gasteiger partial charge is 0.251 e. The fourth-order valence-electron chi connectivity index (χ4n) is 3.20. The molecule has 1 fully saturated rings. The summed E-state index contributed by atoms with van der Waals surface area (Å²) < 4.78 is 26.6. The standard InChI is InChI=1S/C20H24N2O3S/c1-2-19(16-8-4-3-5-9-16)21-20(23)17-10-12-18(13-11-17)26(24,25)22-14-6-7-15-22/h3-5,8-13,19H,2,6-7,14-15H2,1H3,(H,21,23)/t19-/m0/s1. The first-order valence-electron chi connectivity index (χ1n) is 8.98. The molecule has 1 aliphatic rings. The Morgan fingerprint density at radius 2 is 1.65 bits per heavy atom. The van der Waals surface area contributed by atoms with Gasteiger partial charge in [0.15, 0.2) is 0 Å². The Kier molecular flexibility index (Phi) is 5.74. The summed E-state index contributed by atoms with van der Waals surface area (Å²) in [4.78, 5) is 12.8. The highest BCUT2D eigenvalue weighted by atomic mass is 32.2. The zero-order valence-corrected chi connectivity index (χ0v) is 15.7. The molecule has 1 saturated heterocycles. The SMILES string of the molecule is CC[C@H](NC(=O)c1ccc(S(=O)(=O)N2CCCC2)cc1)c1ccccc1. The van der Waals surface area contributed by atoms with E-state index in [-0.39, 0.29) is 16.8 Å². The highest BCUT2D eigenvalue weighted by molar-refractivity contribution is 7.89. The Morgan fingerprint density at radius 1 is 1.04 bits per heavy atom. The van der Waals surface area contributed by atoms with Gasteiger partial charge in [0, 0.05) is 18.7 Å². The third kappa shape index (κ3) is 3.97. The summed E-state index contributed by atoms with van der Waals surface area (Å²) >= 11 is 0. The summed E-state index contributed by atoms with van der Waals surface area (Å²) in [7, 11) is -3.45. The molecule has 1 heterocycles. The van der Waals surface area contributed by atoms with E-state index in [2.05, 4.69) is 5.32 Å². The number of nitrogens with zero attached hydrogens (tertiary/aromatic N) is 1. The summed E-state index contributed by atoms with van der Waals surface area (Å²) in [5, 5.41) is 3.01. The number of benzene rings is 2. The zero-order chi connectivity index (χ0) is 18.6. The number of sulfonamides is 1. The van der Waals surface area contributed by atoms with Gasteiger partial charge in [0.2, 0.25) is 10.0 Å². The van der Waals surface area contributed by atoms with Crippen molar-refractivity contribution in [3.05, 3.63) is 65.7 Å². The van der Waals surface area contributed by atoms with Crippen molar-refractivity contribution in [3.63, 3.8) is 0 Å². The molecule has 1 amide bonds. The lowest BCUT2D eigenvalue weighted by Gasteiger charge is -2.18. The molecule has 0 bridgehead atoms. The first-order chi connectivity index (χ1) is 12.5. The lowest BCUT2D eigenvalue weighted by atomic mass is 10.0. The van der Waals surface area contributed by atoms with Crippen LogP contribution in [0.15, 0.2) is 59.5 Å². The summed E-state index contributed by atoms with van der Waals surface area (Å²) in [5.41, 5.74) is 1.51. The van der Waals surface area contributed by atoms with Gasteiger partial charge in [-0.15, -0.1) is 0 Å². The summed E-state index contributed by atoms with van der Waals surface area (Å²) in [6.07, 6.45) is 2.58. The first-order valence-corrected chi connectivity index (χ1v) is 10.4. The van der Waals surface area contributed by atoms with Crippen molar-refractivity contribution in [1.29, 1.82) is 0 Å². The fourth-order valence-corrected chi connectivity index (χ4v) is 4.72. The molecule has 1 N–H and O–H groups in total. The van der Waals surface area contributed by atoms with Crippen LogP contribution in [0.4, 0.5) is 0 Å². The molecule has 0 aliphatic carbocycles. The molecule has 3 rings (SSSR count). The second-order valence-electron chi connectivity index (χ2n) is 6.48. The number of carbonyl (C=O) groups excluding carboxylic acids is 1. The Balaban J connectivity index is 1.72. The number of amides is 1. The lowest BCUT2D eigenvalue weighted by molar-refractivity contribution is 0.0935. The zero-order valence-electron chi connectivity index (χ0n) is 14.9. The topological polar surface area (TPSA) is 66.5 Å². The molecule has 1 aliphatic heterocycles. The molecule has 26 heavy (non-hydrogen) atoms. The highest BCUT2D eigenvalue weighted by Gasteiger charge is 2.27. The number of nitrogens with one attached hydrogen (secondary N) is 1. The third-order valence-electron chi connectivity index (χ3n) is 4.73. The minimum absolute atomic E-state index is 0.0725. The predicted molar refractivity (Wildman–Crippen MR) is 101 cm³/mol. The van der Waals surface area contributed by atoms with Crippen molar-refractivity contribution in [2.24, 2.45) is 0 Å². The van der Waals surface area contributed by atoms with E-state index in [1.165, 1.54) is 16.4 Å². The monoisotopic (exact) mass is 372 g/mol. The van der Waals surface area contributed by atoms with Crippen molar-refractivity contribution in [3.8, 4) is 0 Å². The molecule has 0 unspecified atom stereocenters. The maximum absolute atomic E-state index is 12.6. The molecule has 138 valence electrons. The van der Waals surface area contributed by atoms with Gasteiger partial charge in [0.05, 0.1) is 10.9 Å². The molecule has 6 heteroatoms. The van der Waals surface area contributed by atoms with Crippen LogP contribution in [0.5, 0.6) is 0 Å². The van der Waals surface area contributed by atoms with Crippen molar-refractivity contribution in [2.45, 2.75) is 37.1 Å². The van der Waals surface area contributed by atoms with Crippen LogP contribution >= 0.6 is 0 Å². The van der Waals surface area contributed by atoms with Gasteiger partial charge >= 0.3 is 0 Å². The van der Waals surface area contributed by atoms with Gasteiger partial charge in [-0.2, -0.15) is 4.31 Å². The van der Waals surface area contributed by atoms with Gasteiger partial charge in [0.25, 0.3) is 5.91 Å². The maximum atomic E-state index is 12.6. The molecule has 2 aromatic rings. The van der Waals surface area contributed by atoms with Crippen LogP contribution in [0, 0.1) is 0 Å². The predicted octanol–water partition coefficient (Wildman–Crippen LogP) is 3.35. The average Bonchev–Trinajstić information content (AvgIpc) is 3.22. The van der Waals surface area contributed by atoms with Crippen LogP contribution in [0.3, 0.4) is 0 Å². The number of hydrogen-bond donors (Lipinski definition) is 1. The largest absolute Gasteiger partial charge is 0.345 e. The van der Waals surface area contributed by atoms with Crippen LogP contribution in [0.25, 0.3) is 0 Å². The average molecular weight is 372 g/mol. The van der Waals surface area contributed by atoms with Crippen LogP contribution in [-0.4, -0.2) is 31.7 Å². The van der Waals surface area contributed by atoms with Crippen LogP contribution < -0.4 is 5.32 Å². The van der Waals surface area contributed by atoms with Gasteiger partial charge in [0.1, 0.15) is 0 Å². The van der Waals surface area contributed by atoms with E-state index in [0.717, 1.165) is 24.8 Å². The van der Waals surface area contributed by atoms with Gasteiger partial charge in [-0.05, 0) is 49.1 Å². The minimum Gasteiger partial charge on any atom is -0.345 e. The van der Waals surface area contributed by atoms with Crippen LogP contribution in [-0.2, 0) is 10.0 Å². The van der Waals surface area contributed by atoms with E-state index in [9.17, 15) is 13.2 Å². The molecule has 2 aromatic carbocycles. The molecular formula is C20H24N2O3S. The minimum atomic E-state index is -3.45. The van der Waals surface area contributed by atoms with Crippen LogP contribution in [0.1, 0.15) is 48.1 Å². The second kappa shape index (κ2) is 8.01. The van der Waals surface area contributed by atoms with Crippen molar-refractivity contribution in [1.82, 2.24) is 9.62 Å². The van der Waals surface area contributed by atoms with E-state index in [1.54, 1.807) is 12.1 Å². The quantitative estimate of drug-likeness (QED) is 0.846. The highest BCUT2D eigenvalue weighted by Crippen LogP contribution is 2.22. The summed E-state index contributed by atoms with van der Waals surface area (Å²) in [6, 6.07) is 15.9. The molecular weight excluding hydrogens is 348 g/mol. The fraction of sp³-hybridized carbons (Fsp3) is 0.350. The van der Waals surface area contributed by atoms with E-state index >= 15 is 0 Å². The molecule has 0 radical (unpaired) electrons. The maximum Gasteiger partial charge on any atom is 0.251 e. The van der Waals surface area contributed by atoms with Crippen molar-refractivity contribution >= 4 is 15.9 Å². The lowest BCUT2D eigenvalue weighted by Crippen LogP contribution is -2.29. The molecule has 0 aromatic heterocycles. The summed E-state index contributed by atoms with van der Waals surface area (Å²) in [5.74, 6) is -0.203. The van der Waals surface area contributed by atoms with Gasteiger partial charge in [-0.25, -0.2) is 8.42 Å². The molecule has 1 atom stereocenters. The Labute approximate surface area is 155 Å². The molecule has 0 spiro atoms. The summed E-state index contributed by atoms with van der Waals surface area (Å²) in [6.45, 7) is 3.16. The third-order valence-corrected chi connectivity index (χ3v) is 6.65. The van der Waals surface area contributed by atoms with E-state index in [4.69, 9.17) is 0 Å². The van der Waals surface area contributed by atoms with E-state index in [1.807, 2.05) is 37.3 Å². The number of rotatable bonds is 6. The normalized spacial score (nSPS) is 16.3. The van der Waals surface area contributed by atoms with Crippen molar-refractivity contribution in [2.75, 3.05) is 13.1 Å². The molecule has 0 saturated carbocycles. The van der Waals surface area contributed by atoms with E-state index < -0.39 is 10.0 Å². The molecule has 5 nitrogen and oxygen atoms in total. The van der Waals surface area contributed by atoms with Crippen LogP contribution in [0.2, 0.25) is 0 Å². The second-order valence-corrected chi connectivity index (χ2v) is 8.42. The number of hydrogen-bond acceptors (Lipinski definition) is 3. The Bertz CT molecular complexity index is 842. The van der Waals surface area contributed by atoms with Gasteiger partial charge < -0.3 is 5.32 Å². The van der Waals surface area contributed by atoms with E-state index in [0.29, 0.717) is 18.7 Å². The van der Waals surface area contributed by atoms with Crippen molar-refractivity contribution < 1.29 is 13.2 Å². The van der Waals surface area contributed by atoms with Gasteiger partial charge in [-0.3, -0.25) is 4.79 Å². The Morgan fingerprint density at radius 3 is 2.23 bits per heavy atom. The first kappa shape index (κ1) is 18.6.